The van der Waals surface area contributed by atoms with Gasteiger partial charge in [0.15, 0.2) is 5.82 Å². The number of alkyl halides is 3. The first-order valence-corrected chi connectivity index (χ1v) is 10.8. The number of nitrogens with zero attached hydrogens (tertiary/aromatic N) is 6. The van der Waals surface area contributed by atoms with E-state index >= 15 is 0 Å². The molecule has 1 atom stereocenters. The number of allylic oxidation sites excluding steroid dienone is 1. The maximum Gasteiger partial charge on any atom is 0.433 e. The zero-order valence-corrected chi connectivity index (χ0v) is 19.7. The number of aryl methyl sites for hydroxylation is 1. The Morgan fingerprint density at radius 2 is 2.00 bits per heavy atom. The van der Waals surface area contributed by atoms with Crippen molar-refractivity contribution in [2.24, 2.45) is 0 Å². The van der Waals surface area contributed by atoms with Crippen molar-refractivity contribution in [3.63, 3.8) is 0 Å². The third-order valence-electron chi connectivity index (χ3n) is 5.76. The third-order valence-corrected chi connectivity index (χ3v) is 5.76. The first-order chi connectivity index (χ1) is 16.4. The Morgan fingerprint density at radius 1 is 1.26 bits per heavy atom. The van der Waals surface area contributed by atoms with Gasteiger partial charge in [-0.05, 0) is 38.0 Å². The predicted molar refractivity (Wildman–Crippen MR) is 126 cm³/mol. The van der Waals surface area contributed by atoms with Crippen LogP contribution in [0, 0.1) is 6.92 Å². The summed E-state index contributed by atoms with van der Waals surface area (Å²) in [5, 5.41) is 10.3. The number of nitrogens with one attached hydrogen (secondary N) is 2. The molecule has 3 aromatic heterocycles. The Hall–Kier alpha value is -3.96. The lowest BCUT2D eigenvalue weighted by atomic mass is 10.1. The maximum atomic E-state index is 13.0. The van der Waals surface area contributed by atoms with E-state index in [1.54, 1.807) is 49.8 Å². The fraction of sp³-hybridized carbons (Fsp3) is 0.348. The van der Waals surface area contributed by atoms with Crippen LogP contribution < -0.4 is 15.5 Å². The van der Waals surface area contributed by atoms with E-state index in [-0.39, 0.29) is 24.2 Å². The average Bonchev–Trinajstić information content (AvgIpc) is 3.23. The van der Waals surface area contributed by atoms with Crippen LogP contribution in [-0.2, 0) is 24.1 Å². The van der Waals surface area contributed by atoms with Gasteiger partial charge in [-0.15, -0.1) is 0 Å². The van der Waals surface area contributed by atoms with Crippen LogP contribution in [0.1, 0.15) is 42.1 Å². The number of rotatable bonds is 6. The van der Waals surface area contributed by atoms with Crippen LogP contribution in [0.4, 0.5) is 30.6 Å². The lowest BCUT2D eigenvalue weighted by Crippen LogP contribution is -2.44. The third kappa shape index (κ3) is 4.96. The number of fused-ring (bicyclic) bond motifs is 1. The topological polar surface area (TPSA) is 101 Å². The molecule has 0 saturated carbocycles. The molecule has 1 amide bonds. The highest BCUT2D eigenvalue weighted by Crippen LogP contribution is 2.32. The summed E-state index contributed by atoms with van der Waals surface area (Å²) in [6, 6.07) is 2.01. The normalized spacial score (nSPS) is 15.6. The summed E-state index contributed by atoms with van der Waals surface area (Å²) in [4.78, 5) is 26.6. The van der Waals surface area contributed by atoms with Gasteiger partial charge >= 0.3 is 6.18 Å². The number of anilines is 3. The SMILES string of the molecule is C=C(C)c1nc(C(F)(F)F)ccc1Cn1cc(CNc2nc(C)c3c(n2)N(C)[C@@H](C)C(=O)N3)cn1. The zero-order chi connectivity index (χ0) is 25.5. The molecule has 0 bridgehead atoms. The molecule has 35 heavy (non-hydrogen) atoms. The summed E-state index contributed by atoms with van der Waals surface area (Å²) in [5.41, 5.74) is 2.34. The Balaban J connectivity index is 1.48. The second-order valence-electron chi connectivity index (χ2n) is 8.49. The molecule has 9 nitrogen and oxygen atoms in total. The van der Waals surface area contributed by atoms with E-state index in [4.69, 9.17) is 0 Å². The summed E-state index contributed by atoms with van der Waals surface area (Å²) in [5.74, 6) is 0.920. The van der Waals surface area contributed by atoms with Gasteiger partial charge in [0.05, 0.1) is 24.1 Å². The van der Waals surface area contributed by atoms with E-state index in [1.165, 1.54) is 6.07 Å². The smallest absolute Gasteiger partial charge is 0.350 e. The zero-order valence-electron chi connectivity index (χ0n) is 19.7. The number of hydrogen-bond donors (Lipinski definition) is 2. The van der Waals surface area contributed by atoms with Gasteiger partial charge in [0.25, 0.3) is 0 Å². The summed E-state index contributed by atoms with van der Waals surface area (Å²) in [7, 11) is 1.80. The van der Waals surface area contributed by atoms with Crippen LogP contribution in [0.2, 0.25) is 0 Å². The van der Waals surface area contributed by atoms with Gasteiger partial charge in [0.1, 0.15) is 17.4 Å². The van der Waals surface area contributed by atoms with Crippen molar-refractivity contribution in [2.45, 2.75) is 46.1 Å². The molecule has 2 N–H and O–H groups in total. The van der Waals surface area contributed by atoms with Crippen molar-refractivity contribution < 1.29 is 18.0 Å². The van der Waals surface area contributed by atoms with Gasteiger partial charge in [-0.2, -0.15) is 23.3 Å². The molecule has 0 spiro atoms. The molecule has 1 aliphatic heterocycles. The van der Waals surface area contributed by atoms with Crippen molar-refractivity contribution in [3.8, 4) is 0 Å². The Bertz CT molecular complexity index is 1300. The van der Waals surface area contributed by atoms with E-state index in [9.17, 15) is 18.0 Å². The quantitative estimate of drug-likeness (QED) is 0.546. The van der Waals surface area contributed by atoms with Crippen LogP contribution in [0.5, 0.6) is 0 Å². The van der Waals surface area contributed by atoms with Crippen LogP contribution in [-0.4, -0.2) is 43.7 Å². The lowest BCUT2D eigenvalue weighted by molar-refractivity contribution is -0.141. The summed E-state index contributed by atoms with van der Waals surface area (Å²) < 4.78 is 40.8. The van der Waals surface area contributed by atoms with E-state index in [0.717, 1.165) is 11.6 Å². The van der Waals surface area contributed by atoms with E-state index in [2.05, 4.69) is 37.3 Å². The van der Waals surface area contributed by atoms with Crippen molar-refractivity contribution in [3.05, 3.63) is 59.3 Å². The van der Waals surface area contributed by atoms with Crippen LogP contribution in [0.3, 0.4) is 0 Å². The van der Waals surface area contributed by atoms with Crippen molar-refractivity contribution in [2.75, 3.05) is 22.6 Å². The molecule has 1 aliphatic rings. The lowest BCUT2D eigenvalue weighted by Gasteiger charge is -2.32. The molecular formula is C23H25F3N8O. The van der Waals surface area contributed by atoms with Gasteiger partial charge in [-0.3, -0.25) is 9.48 Å². The van der Waals surface area contributed by atoms with Gasteiger partial charge in [-0.1, -0.05) is 12.6 Å². The van der Waals surface area contributed by atoms with Crippen LogP contribution in [0.25, 0.3) is 5.57 Å². The first-order valence-electron chi connectivity index (χ1n) is 10.8. The Morgan fingerprint density at radius 3 is 2.69 bits per heavy atom. The fourth-order valence-corrected chi connectivity index (χ4v) is 3.71. The summed E-state index contributed by atoms with van der Waals surface area (Å²) in [6.45, 7) is 9.59. The van der Waals surface area contributed by atoms with Gasteiger partial charge in [0.2, 0.25) is 11.9 Å². The number of carbonyl (C=O) groups excluding carboxylic acids is 1. The first kappa shape index (κ1) is 24.2. The van der Waals surface area contributed by atoms with Gasteiger partial charge in [0, 0.05) is 25.4 Å². The Labute approximate surface area is 200 Å². The summed E-state index contributed by atoms with van der Waals surface area (Å²) in [6.07, 6.45) is -1.08. The van der Waals surface area contributed by atoms with Gasteiger partial charge in [-0.25, -0.2) is 9.97 Å². The number of hydrogen-bond acceptors (Lipinski definition) is 7. The Kier molecular flexibility index (Phi) is 6.22. The molecule has 4 heterocycles. The number of aromatic nitrogens is 5. The molecule has 3 aromatic rings. The molecule has 0 saturated heterocycles. The molecule has 184 valence electrons. The molecule has 0 aromatic carbocycles. The second-order valence-corrected chi connectivity index (χ2v) is 8.49. The van der Waals surface area contributed by atoms with Crippen molar-refractivity contribution in [1.29, 1.82) is 0 Å². The predicted octanol–water partition coefficient (Wildman–Crippen LogP) is 3.87. The van der Waals surface area contributed by atoms with Crippen LogP contribution in [0.15, 0.2) is 31.1 Å². The average molecular weight is 487 g/mol. The van der Waals surface area contributed by atoms with E-state index in [0.29, 0.717) is 40.8 Å². The molecule has 4 rings (SSSR count). The number of halogens is 3. The number of carbonyl (C=O) groups is 1. The summed E-state index contributed by atoms with van der Waals surface area (Å²) >= 11 is 0. The van der Waals surface area contributed by atoms with E-state index < -0.39 is 11.9 Å². The molecule has 12 heteroatoms. The monoisotopic (exact) mass is 486 g/mol. The highest BCUT2D eigenvalue weighted by atomic mass is 19.4. The highest BCUT2D eigenvalue weighted by Gasteiger charge is 2.33. The number of likely N-dealkylation sites (N-methyl/N-ethyl adjacent to an activating group) is 1. The van der Waals surface area contributed by atoms with Gasteiger partial charge < -0.3 is 15.5 Å². The number of amides is 1. The molecule has 0 radical (unpaired) electrons. The standard InChI is InChI=1S/C23H25F3N8O/c1-12(2)18-16(6-7-17(30-18)23(24,25)26)11-34-10-15(9-28-34)8-27-22-29-13(3)19-20(32-22)33(5)14(4)21(35)31-19/h6-7,9-10,14H,1,8,11H2,2-5H3,(H,31,35)(H,27,29,32)/t14-/m0/s1. The highest BCUT2D eigenvalue weighted by molar-refractivity contribution is 6.03. The molecular weight excluding hydrogens is 461 g/mol. The minimum absolute atomic E-state index is 0.113. The van der Waals surface area contributed by atoms with E-state index in [1.807, 2.05) is 0 Å². The van der Waals surface area contributed by atoms with Crippen molar-refractivity contribution in [1.82, 2.24) is 24.7 Å². The van der Waals surface area contributed by atoms with Crippen molar-refractivity contribution >= 4 is 28.9 Å². The molecule has 0 fully saturated rings. The van der Waals surface area contributed by atoms with Crippen LogP contribution >= 0.6 is 0 Å². The second kappa shape index (κ2) is 9.01. The molecule has 0 unspecified atom stereocenters. The maximum absolute atomic E-state index is 13.0. The molecule has 0 aliphatic carbocycles. The minimum atomic E-state index is -4.52. The minimum Gasteiger partial charge on any atom is -0.350 e. The number of pyridine rings is 1. The largest absolute Gasteiger partial charge is 0.433 e. The fourth-order valence-electron chi connectivity index (χ4n) is 3.71.